The van der Waals surface area contributed by atoms with E-state index in [1.165, 1.54) is 4.31 Å². The number of hydrogen-bond donors (Lipinski definition) is 1. The summed E-state index contributed by atoms with van der Waals surface area (Å²) in [6.45, 7) is 0.656. The van der Waals surface area contributed by atoms with Gasteiger partial charge in [-0.15, -0.1) is 0 Å². The first-order valence-electron chi connectivity index (χ1n) is 11.9. The van der Waals surface area contributed by atoms with Crippen LogP contribution in [0.4, 0.5) is 0 Å². The molecule has 6 heteroatoms. The van der Waals surface area contributed by atoms with Crippen LogP contribution >= 0.6 is 0 Å². The zero-order valence-corrected chi connectivity index (χ0v) is 20.2. The van der Waals surface area contributed by atoms with E-state index < -0.39 is 10.0 Å². The van der Waals surface area contributed by atoms with Crippen LogP contribution in [-0.2, 0) is 14.8 Å². The predicted molar refractivity (Wildman–Crippen MR) is 138 cm³/mol. The van der Waals surface area contributed by atoms with E-state index in [4.69, 9.17) is 0 Å². The maximum atomic E-state index is 13.3. The number of piperidine rings is 1. The minimum absolute atomic E-state index is 0.0366. The van der Waals surface area contributed by atoms with E-state index in [1.807, 2.05) is 91.0 Å². The number of carbonyl (C=O) groups excluding carboxylic acids is 1. The summed E-state index contributed by atoms with van der Waals surface area (Å²) in [5.74, 6) is -0.265. The molecule has 5 nitrogen and oxygen atoms in total. The van der Waals surface area contributed by atoms with Crippen molar-refractivity contribution in [2.45, 2.75) is 23.8 Å². The normalized spacial score (nSPS) is 15.3. The molecule has 1 N–H and O–H groups in total. The zero-order chi connectivity index (χ0) is 24.3. The molecule has 0 bridgehead atoms. The number of carbonyl (C=O) groups is 1. The number of amides is 1. The Morgan fingerprint density at radius 2 is 1.29 bits per heavy atom. The maximum Gasteiger partial charge on any atom is 0.243 e. The molecule has 1 aliphatic heterocycles. The largest absolute Gasteiger partial charge is 0.345 e. The number of nitrogens with zero attached hydrogens (tertiary/aromatic N) is 1. The quantitative estimate of drug-likeness (QED) is 0.412. The molecular formula is C29H28N2O3S. The highest BCUT2D eigenvalue weighted by Gasteiger charge is 2.33. The Morgan fingerprint density at radius 3 is 1.89 bits per heavy atom. The van der Waals surface area contributed by atoms with Gasteiger partial charge in [-0.25, -0.2) is 8.42 Å². The van der Waals surface area contributed by atoms with Crippen LogP contribution in [0.25, 0.3) is 10.8 Å². The molecule has 0 saturated carbocycles. The van der Waals surface area contributed by atoms with Crippen molar-refractivity contribution < 1.29 is 13.2 Å². The monoisotopic (exact) mass is 484 g/mol. The molecule has 1 saturated heterocycles. The first-order chi connectivity index (χ1) is 17.0. The van der Waals surface area contributed by atoms with E-state index in [2.05, 4.69) is 5.32 Å². The summed E-state index contributed by atoms with van der Waals surface area (Å²) >= 11 is 0. The van der Waals surface area contributed by atoms with Crippen molar-refractivity contribution >= 4 is 26.7 Å². The Labute approximate surface area is 206 Å². The predicted octanol–water partition coefficient (Wildman–Crippen LogP) is 5.15. The van der Waals surface area contributed by atoms with Crippen LogP contribution in [-0.4, -0.2) is 31.7 Å². The second-order valence-electron chi connectivity index (χ2n) is 8.95. The van der Waals surface area contributed by atoms with Crippen LogP contribution in [0.1, 0.15) is 30.0 Å². The topological polar surface area (TPSA) is 66.5 Å². The molecule has 178 valence electrons. The standard InChI is InChI=1S/C29H28N2O3S/c32-29(30-28(23-10-3-1-4-11-23)24-12-5-2-6-13-24)25-17-19-31(20-18-25)35(33,34)27-16-15-22-9-7-8-14-26(22)21-27/h1-16,21,25,28H,17-20H2,(H,30,32). The number of rotatable bonds is 6. The van der Waals surface area contributed by atoms with E-state index in [0.717, 1.165) is 21.9 Å². The van der Waals surface area contributed by atoms with Crippen LogP contribution in [0.3, 0.4) is 0 Å². The molecule has 1 amide bonds. The second kappa shape index (κ2) is 10.0. The Hall–Kier alpha value is -3.48. The van der Waals surface area contributed by atoms with Gasteiger partial charge in [0.05, 0.1) is 10.9 Å². The van der Waals surface area contributed by atoms with Crippen molar-refractivity contribution in [2.24, 2.45) is 5.92 Å². The molecule has 0 unspecified atom stereocenters. The molecule has 1 fully saturated rings. The summed E-state index contributed by atoms with van der Waals surface area (Å²) in [5, 5.41) is 5.12. The molecule has 35 heavy (non-hydrogen) atoms. The first-order valence-corrected chi connectivity index (χ1v) is 13.4. The third-order valence-corrected chi connectivity index (χ3v) is 8.63. The number of benzene rings is 4. The van der Waals surface area contributed by atoms with Crippen molar-refractivity contribution in [1.82, 2.24) is 9.62 Å². The third-order valence-electron chi connectivity index (χ3n) is 6.74. The first kappa shape index (κ1) is 23.3. The molecule has 0 spiro atoms. The Kier molecular flexibility index (Phi) is 6.66. The lowest BCUT2D eigenvalue weighted by Gasteiger charge is -2.31. The summed E-state index contributed by atoms with van der Waals surface area (Å²) < 4.78 is 28.1. The molecule has 1 heterocycles. The van der Waals surface area contributed by atoms with Crippen molar-refractivity contribution in [1.29, 1.82) is 0 Å². The molecule has 0 aromatic heterocycles. The SMILES string of the molecule is O=C(NC(c1ccccc1)c1ccccc1)C1CCN(S(=O)(=O)c2ccc3ccccc3c2)CC1. The van der Waals surface area contributed by atoms with Crippen molar-refractivity contribution in [3.05, 3.63) is 114 Å². The van der Waals surface area contributed by atoms with Gasteiger partial charge in [0.2, 0.25) is 15.9 Å². The van der Waals surface area contributed by atoms with Gasteiger partial charge in [-0.05, 0) is 46.9 Å². The summed E-state index contributed by atoms with van der Waals surface area (Å²) in [6, 6.07) is 32.5. The molecule has 0 radical (unpaired) electrons. The van der Waals surface area contributed by atoms with Gasteiger partial charge < -0.3 is 5.32 Å². The van der Waals surface area contributed by atoms with Crippen LogP contribution in [0.5, 0.6) is 0 Å². The van der Waals surface area contributed by atoms with Gasteiger partial charge in [0, 0.05) is 19.0 Å². The third kappa shape index (κ3) is 4.99. The van der Waals surface area contributed by atoms with Gasteiger partial charge in [-0.3, -0.25) is 4.79 Å². The van der Waals surface area contributed by atoms with E-state index in [-0.39, 0.29) is 17.9 Å². The molecule has 0 atom stereocenters. The van der Waals surface area contributed by atoms with Gasteiger partial charge in [-0.2, -0.15) is 4.31 Å². The van der Waals surface area contributed by atoms with Crippen molar-refractivity contribution in [3.8, 4) is 0 Å². The number of hydrogen-bond acceptors (Lipinski definition) is 3. The zero-order valence-electron chi connectivity index (χ0n) is 19.4. The number of nitrogens with one attached hydrogen (secondary N) is 1. The summed E-state index contributed by atoms with van der Waals surface area (Å²) in [7, 11) is -3.61. The Bertz CT molecular complexity index is 1370. The molecule has 4 aromatic carbocycles. The fourth-order valence-corrected chi connectivity index (χ4v) is 6.25. The highest BCUT2D eigenvalue weighted by molar-refractivity contribution is 7.89. The van der Waals surface area contributed by atoms with E-state index >= 15 is 0 Å². The average molecular weight is 485 g/mol. The van der Waals surface area contributed by atoms with Gasteiger partial charge in [-0.1, -0.05) is 91.0 Å². The summed E-state index contributed by atoms with van der Waals surface area (Å²) in [4.78, 5) is 13.5. The van der Waals surface area contributed by atoms with E-state index in [9.17, 15) is 13.2 Å². The molecule has 4 aromatic rings. The number of sulfonamides is 1. The lowest BCUT2D eigenvalue weighted by Crippen LogP contribution is -2.43. The van der Waals surface area contributed by atoms with Crippen molar-refractivity contribution in [3.63, 3.8) is 0 Å². The number of fused-ring (bicyclic) bond motifs is 1. The minimum atomic E-state index is -3.61. The minimum Gasteiger partial charge on any atom is -0.345 e. The van der Waals surface area contributed by atoms with Gasteiger partial charge in [0.25, 0.3) is 0 Å². The Balaban J connectivity index is 1.28. The molecule has 5 rings (SSSR count). The van der Waals surface area contributed by atoms with Gasteiger partial charge in [0.1, 0.15) is 0 Å². The molecule has 0 aliphatic carbocycles. The van der Waals surface area contributed by atoms with Gasteiger partial charge >= 0.3 is 0 Å². The van der Waals surface area contributed by atoms with Crippen molar-refractivity contribution in [2.75, 3.05) is 13.1 Å². The highest BCUT2D eigenvalue weighted by Crippen LogP contribution is 2.28. The van der Waals surface area contributed by atoms with E-state index in [0.29, 0.717) is 30.8 Å². The van der Waals surface area contributed by atoms with E-state index in [1.54, 1.807) is 12.1 Å². The summed E-state index contributed by atoms with van der Waals surface area (Å²) in [6.07, 6.45) is 0.990. The lowest BCUT2D eigenvalue weighted by molar-refractivity contribution is -0.126. The highest BCUT2D eigenvalue weighted by atomic mass is 32.2. The smallest absolute Gasteiger partial charge is 0.243 e. The fourth-order valence-electron chi connectivity index (χ4n) is 4.75. The second-order valence-corrected chi connectivity index (χ2v) is 10.9. The van der Waals surface area contributed by atoms with Crippen LogP contribution in [0.2, 0.25) is 0 Å². The van der Waals surface area contributed by atoms with Crippen LogP contribution in [0, 0.1) is 5.92 Å². The van der Waals surface area contributed by atoms with Crippen LogP contribution in [0.15, 0.2) is 108 Å². The lowest BCUT2D eigenvalue weighted by atomic mass is 9.94. The average Bonchev–Trinajstić information content (AvgIpc) is 2.92. The Morgan fingerprint density at radius 1 is 0.743 bits per heavy atom. The van der Waals surface area contributed by atoms with Gasteiger partial charge in [0.15, 0.2) is 0 Å². The summed E-state index contributed by atoms with van der Waals surface area (Å²) in [5.41, 5.74) is 2.03. The molecular weight excluding hydrogens is 456 g/mol. The van der Waals surface area contributed by atoms with Crippen LogP contribution < -0.4 is 5.32 Å². The maximum absolute atomic E-state index is 13.3. The molecule has 1 aliphatic rings. The fraction of sp³-hybridized carbons (Fsp3) is 0.207.